The molecule has 118 valence electrons. The molecule has 1 N–H and O–H groups in total. The van der Waals surface area contributed by atoms with Crippen LogP contribution >= 0.6 is 0 Å². The van der Waals surface area contributed by atoms with E-state index in [1.165, 1.54) is 44.1 Å². The SMILES string of the molecule is O=c1[nH]c2cnc3c(c2n1C12CC4CC(CC(C4)C1)C2)C=CC3. The molecule has 4 nitrogen and oxygen atoms in total. The van der Waals surface area contributed by atoms with Gasteiger partial charge in [-0.1, -0.05) is 12.2 Å². The highest BCUT2D eigenvalue weighted by atomic mass is 16.1. The molecule has 7 rings (SSSR count). The molecule has 2 aromatic rings. The molecule has 5 aliphatic carbocycles. The average Bonchev–Trinajstić information content (AvgIpc) is 3.08. The molecule has 23 heavy (non-hydrogen) atoms. The molecule has 0 atom stereocenters. The summed E-state index contributed by atoms with van der Waals surface area (Å²) in [6, 6.07) is 0. The minimum atomic E-state index is 0.0651. The normalized spacial score (nSPS) is 37.0. The Morgan fingerprint density at radius 2 is 1.83 bits per heavy atom. The van der Waals surface area contributed by atoms with E-state index in [4.69, 9.17) is 0 Å². The van der Waals surface area contributed by atoms with E-state index in [-0.39, 0.29) is 11.2 Å². The molecule has 4 fully saturated rings. The van der Waals surface area contributed by atoms with Gasteiger partial charge in [0.2, 0.25) is 0 Å². The van der Waals surface area contributed by atoms with Crippen LogP contribution < -0.4 is 5.69 Å². The fourth-order valence-electron chi connectivity index (χ4n) is 6.58. The molecule has 4 saturated carbocycles. The van der Waals surface area contributed by atoms with E-state index in [9.17, 15) is 4.79 Å². The quantitative estimate of drug-likeness (QED) is 0.879. The van der Waals surface area contributed by atoms with Crippen molar-refractivity contribution < 1.29 is 0 Å². The minimum absolute atomic E-state index is 0.0651. The number of rotatable bonds is 1. The number of hydrogen-bond acceptors (Lipinski definition) is 2. The van der Waals surface area contributed by atoms with Gasteiger partial charge in [-0.2, -0.15) is 0 Å². The largest absolute Gasteiger partial charge is 0.327 e. The average molecular weight is 307 g/mol. The van der Waals surface area contributed by atoms with Gasteiger partial charge in [0.1, 0.15) is 0 Å². The van der Waals surface area contributed by atoms with Gasteiger partial charge in [-0.25, -0.2) is 4.79 Å². The van der Waals surface area contributed by atoms with Crippen LogP contribution in [0, 0.1) is 17.8 Å². The summed E-state index contributed by atoms with van der Waals surface area (Å²) in [5.74, 6) is 2.51. The third kappa shape index (κ3) is 1.52. The fourth-order valence-corrected chi connectivity index (χ4v) is 6.58. The molecule has 0 spiro atoms. The number of fused-ring (bicyclic) bond motifs is 3. The van der Waals surface area contributed by atoms with Crippen LogP contribution in [0.2, 0.25) is 0 Å². The number of H-pyrrole nitrogens is 1. The number of hydrogen-bond donors (Lipinski definition) is 1. The zero-order chi connectivity index (χ0) is 15.2. The summed E-state index contributed by atoms with van der Waals surface area (Å²) in [4.78, 5) is 20.5. The summed E-state index contributed by atoms with van der Waals surface area (Å²) in [5.41, 5.74) is 4.48. The first-order valence-electron chi connectivity index (χ1n) is 9.01. The van der Waals surface area contributed by atoms with Crippen LogP contribution in [0.3, 0.4) is 0 Å². The zero-order valence-corrected chi connectivity index (χ0v) is 13.2. The predicted molar refractivity (Wildman–Crippen MR) is 89.2 cm³/mol. The second-order valence-electron chi connectivity index (χ2n) is 8.39. The number of nitrogens with one attached hydrogen (secondary N) is 1. The predicted octanol–water partition coefficient (Wildman–Crippen LogP) is 3.22. The molecular weight excluding hydrogens is 286 g/mol. The molecule has 0 radical (unpaired) electrons. The lowest BCUT2D eigenvalue weighted by atomic mass is 9.53. The van der Waals surface area contributed by atoms with E-state index < -0.39 is 0 Å². The number of aromatic amines is 1. The third-order valence-corrected chi connectivity index (χ3v) is 6.91. The van der Waals surface area contributed by atoms with Crippen LogP contribution in [0.15, 0.2) is 17.1 Å². The van der Waals surface area contributed by atoms with Crippen molar-refractivity contribution >= 4 is 17.1 Å². The first kappa shape index (κ1) is 12.6. The fraction of sp³-hybridized carbons (Fsp3) is 0.579. The molecule has 4 heteroatoms. The summed E-state index contributed by atoms with van der Waals surface area (Å²) in [7, 11) is 0. The van der Waals surface area contributed by atoms with Crippen molar-refractivity contribution in [2.45, 2.75) is 50.5 Å². The zero-order valence-electron chi connectivity index (χ0n) is 13.2. The smallest absolute Gasteiger partial charge is 0.304 e. The summed E-state index contributed by atoms with van der Waals surface area (Å²) in [5, 5.41) is 0. The Hall–Kier alpha value is -1.84. The first-order chi connectivity index (χ1) is 11.2. The van der Waals surface area contributed by atoms with Crippen molar-refractivity contribution in [2.24, 2.45) is 17.8 Å². The Balaban J connectivity index is 1.65. The van der Waals surface area contributed by atoms with Gasteiger partial charge in [-0.15, -0.1) is 0 Å². The van der Waals surface area contributed by atoms with Gasteiger partial charge in [0, 0.05) is 12.0 Å². The number of pyridine rings is 1. The van der Waals surface area contributed by atoms with Crippen LogP contribution in [-0.4, -0.2) is 14.5 Å². The van der Waals surface area contributed by atoms with Gasteiger partial charge < -0.3 is 4.98 Å². The number of nitrogens with zero attached hydrogens (tertiary/aromatic N) is 2. The van der Waals surface area contributed by atoms with E-state index in [1.807, 2.05) is 6.20 Å². The summed E-state index contributed by atoms with van der Waals surface area (Å²) in [6.07, 6.45) is 14.9. The van der Waals surface area contributed by atoms with Gasteiger partial charge in [0.25, 0.3) is 0 Å². The Labute approximate surface area is 134 Å². The highest BCUT2D eigenvalue weighted by molar-refractivity contribution is 5.87. The van der Waals surface area contributed by atoms with Crippen LogP contribution in [0.4, 0.5) is 0 Å². The highest BCUT2D eigenvalue weighted by Gasteiger charge is 2.53. The monoisotopic (exact) mass is 307 g/mol. The van der Waals surface area contributed by atoms with E-state index >= 15 is 0 Å². The van der Waals surface area contributed by atoms with Crippen molar-refractivity contribution in [3.05, 3.63) is 34.0 Å². The molecule has 2 aromatic heterocycles. The van der Waals surface area contributed by atoms with E-state index in [2.05, 4.69) is 26.7 Å². The van der Waals surface area contributed by atoms with Crippen LogP contribution in [0.5, 0.6) is 0 Å². The number of allylic oxidation sites excluding steroid dienone is 1. The summed E-state index contributed by atoms with van der Waals surface area (Å²) < 4.78 is 2.17. The van der Waals surface area contributed by atoms with Crippen molar-refractivity contribution in [3.63, 3.8) is 0 Å². The lowest BCUT2D eigenvalue weighted by Gasteiger charge is -2.57. The summed E-state index contributed by atoms with van der Waals surface area (Å²) >= 11 is 0. The molecule has 0 aromatic carbocycles. The van der Waals surface area contributed by atoms with Crippen molar-refractivity contribution in [2.75, 3.05) is 0 Å². The standard InChI is InChI=1S/C19H21N3O/c23-18-21-16-10-20-15-3-1-2-14(15)17(16)22(18)19-7-11-4-12(8-19)6-13(5-11)9-19/h1-2,10-13H,3-9H2,(H,21,23). The maximum Gasteiger partial charge on any atom is 0.327 e. The molecule has 2 heterocycles. The second kappa shape index (κ2) is 3.97. The van der Waals surface area contributed by atoms with Crippen LogP contribution in [0.1, 0.15) is 49.8 Å². The molecule has 0 unspecified atom stereocenters. The first-order valence-corrected chi connectivity index (χ1v) is 9.01. The van der Waals surface area contributed by atoms with Gasteiger partial charge in [0.15, 0.2) is 0 Å². The minimum Gasteiger partial charge on any atom is -0.304 e. The van der Waals surface area contributed by atoms with E-state index in [0.717, 1.165) is 40.9 Å². The Morgan fingerprint density at radius 1 is 1.13 bits per heavy atom. The topological polar surface area (TPSA) is 50.7 Å². The van der Waals surface area contributed by atoms with Gasteiger partial charge in [-0.3, -0.25) is 9.55 Å². The van der Waals surface area contributed by atoms with Crippen LogP contribution in [0.25, 0.3) is 17.1 Å². The van der Waals surface area contributed by atoms with Gasteiger partial charge in [-0.05, 0) is 56.3 Å². The molecule has 0 aliphatic heterocycles. The van der Waals surface area contributed by atoms with Crippen molar-refractivity contribution in [3.8, 4) is 0 Å². The molecule has 4 bridgehead atoms. The number of imidazole rings is 1. The summed E-state index contributed by atoms with van der Waals surface area (Å²) in [6.45, 7) is 0. The Morgan fingerprint density at radius 3 is 2.52 bits per heavy atom. The van der Waals surface area contributed by atoms with E-state index in [1.54, 1.807) is 0 Å². The third-order valence-electron chi connectivity index (χ3n) is 6.91. The van der Waals surface area contributed by atoms with Crippen LogP contribution in [-0.2, 0) is 12.0 Å². The van der Waals surface area contributed by atoms with Crippen molar-refractivity contribution in [1.29, 1.82) is 0 Å². The van der Waals surface area contributed by atoms with Gasteiger partial charge in [0.05, 0.1) is 28.5 Å². The van der Waals surface area contributed by atoms with Crippen molar-refractivity contribution in [1.82, 2.24) is 14.5 Å². The number of aromatic nitrogens is 3. The maximum atomic E-state index is 12.9. The lowest BCUT2D eigenvalue weighted by molar-refractivity contribution is -0.0425. The van der Waals surface area contributed by atoms with Gasteiger partial charge >= 0.3 is 5.69 Å². The van der Waals surface area contributed by atoms with E-state index in [0.29, 0.717) is 0 Å². The molecular formula is C19H21N3O. The molecule has 0 saturated heterocycles. The highest BCUT2D eigenvalue weighted by Crippen LogP contribution is 2.59. The Kier molecular flexibility index (Phi) is 2.17. The molecule has 0 amide bonds. The second-order valence-corrected chi connectivity index (χ2v) is 8.39. The molecule has 5 aliphatic rings. The maximum absolute atomic E-state index is 12.9. The Bertz CT molecular complexity index is 881. The lowest BCUT2D eigenvalue weighted by Crippen LogP contribution is -2.54.